The predicted octanol–water partition coefficient (Wildman–Crippen LogP) is 1.97. The Kier molecular flexibility index (Phi) is 2.29. The molecular weight excluding hydrogens is 218 g/mol. The van der Waals surface area contributed by atoms with Gasteiger partial charge in [-0.3, -0.25) is 0 Å². The molecule has 0 fully saturated rings. The van der Waals surface area contributed by atoms with E-state index in [0.717, 1.165) is 3.79 Å². The molecule has 0 spiro atoms. The van der Waals surface area contributed by atoms with Gasteiger partial charge in [0.25, 0.3) is 0 Å². The Morgan fingerprint density at radius 3 is 2.80 bits per heavy atom. The summed E-state index contributed by atoms with van der Waals surface area (Å²) in [5.41, 5.74) is 4.76. The minimum absolute atomic E-state index is 0.499. The van der Waals surface area contributed by atoms with Crippen LogP contribution in [0, 0.1) is 0 Å². The van der Waals surface area contributed by atoms with Crippen LogP contribution in [0.25, 0.3) is 0 Å². The van der Waals surface area contributed by atoms with Gasteiger partial charge in [0.1, 0.15) is 0 Å². The third-order valence-corrected chi connectivity index (χ3v) is 2.25. The van der Waals surface area contributed by atoms with Crippen molar-refractivity contribution in [2.75, 3.05) is 0 Å². The monoisotopic (exact) mass is 221 g/mol. The first kappa shape index (κ1) is 7.56. The zero-order valence-electron chi connectivity index (χ0n) is 4.83. The van der Waals surface area contributed by atoms with E-state index in [-0.39, 0.29) is 0 Å². The summed E-state index contributed by atoms with van der Waals surface area (Å²) < 4.78 is 5.47. The second-order valence-corrected chi connectivity index (χ2v) is 3.91. The van der Waals surface area contributed by atoms with Crippen molar-refractivity contribution < 1.29 is 9.53 Å². The molecule has 0 unspecified atom stereocenters. The van der Waals surface area contributed by atoms with E-state index in [1.54, 1.807) is 12.1 Å². The molecule has 1 aromatic rings. The average molecular weight is 222 g/mol. The maximum atomic E-state index is 10.2. The highest BCUT2D eigenvalue weighted by Crippen LogP contribution is 2.28. The molecule has 2 N–H and O–H groups in total. The summed E-state index contributed by atoms with van der Waals surface area (Å²) in [5, 5.41) is 0.499. The maximum absolute atomic E-state index is 10.2. The maximum Gasteiger partial charge on any atom is 0.410 e. The standard InChI is InChI=1S/C5H4BrNO2S/c6-3-1-2-4(10-3)9-5(7)8/h1-2H,(H2,7,8). The number of rotatable bonds is 1. The molecule has 5 heteroatoms. The molecule has 10 heavy (non-hydrogen) atoms. The van der Waals surface area contributed by atoms with Crippen molar-refractivity contribution in [3.63, 3.8) is 0 Å². The Morgan fingerprint density at radius 1 is 1.70 bits per heavy atom. The van der Waals surface area contributed by atoms with Crippen molar-refractivity contribution in [3.05, 3.63) is 15.9 Å². The Hall–Kier alpha value is -0.550. The van der Waals surface area contributed by atoms with E-state index in [4.69, 9.17) is 5.73 Å². The number of amides is 1. The lowest BCUT2D eigenvalue weighted by molar-refractivity contribution is 0.212. The summed E-state index contributed by atoms with van der Waals surface area (Å²) in [6.07, 6.45) is -0.783. The van der Waals surface area contributed by atoms with Gasteiger partial charge in [0.2, 0.25) is 0 Å². The number of hydrogen-bond donors (Lipinski definition) is 1. The third kappa shape index (κ3) is 2.00. The molecular formula is C5H4BrNO2S. The first-order valence-electron chi connectivity index (χ1n) is 2.41. The zero-order valence-corrected chi connectivity index (χ0v) is 7.24. The van der Waals surface area contributed by atoms with Crippen LogP contribution >= 0.6 is 27.3 Å². The van der Waals surface area contributed by atoms with Gasteiger partial charge in [-0.05, 0) is 28.1 Å². The average Bonchev–Trinajstić information content (AvgIpc) is 2.13. The van der Waals surface area contributed by atoms with E-state index < -0.39 is 6.09 Å². The molecule has 0 aliphatic rings. The van der Waals surface area contributed by atoms with Crippen LogP contribution in [0.15, 0.2) is 15.9 Å². The van der Waals surface area contributed by atoms with Crippen LogP contribution in [-0.4, -0.2) is 6.09 Å². The SMILES string of the molecule is NC(=O)Oc1ccc(Br)s1. The lowest BCUT2D eigenvalue weighted by atomic mass is 10.7. The van der Waals surface area contributed by atoms with E-state index in [1.807, 2.05) is 0 Å². The van der Waals surface area contributed by atoms with Gasteiger partial charge in [0, 0.05) is 0 Å². The van der Waals surface area contributed by atoms with Crippen molar-refractivity contribution in [1.29, 1.82) is 0 Å². The molecule has 3 nitrogen and oxygen atoms in total. The van der Waals surface area contributed by atoms with Gasteiger partial charge < -0.3 is 10.5 Å². The van der Waals surface area contributed by atoms with Crippen LogP contribution in [0.1, 0.15) is 0 Å². The lowest BCUT2D eigenvalue weighted by Crippen LogP contribution is -2.15. The van der Waals surface area contributed by atoms with E-state index >= 15 is 0 Å². The normalized spacial score (nSPS) is 9.30. The van der Waals surface area contributed by atoms with Crippen molar-refractivity contribution >= 4 is 33.4 Å². The van der Waals surface area contributed by atoms with Gasteiger partial charge in [-0.2, -0.15) is 0 Å². The molecule has 1 rings (SSSR count). The summed E-state index contributed by atoms with van der Waals surface area (Å²) in [6.45, 7) is 0. The Balaban J connectivity index is 2.67. The van der Waals surface area contributed by atoms with Gasteiger partial charge in [0.05, 0.1) is 3.79 Å². The van der Waals surface area contributed by atoms with E-state index in [0.29, 0.717) is 5.06 Å². The molecule has 54 valence electrons. The summed E-state index contributed by atoms with van der Waals surface area (Å²) in [4.78, 5) is 10.2. The van der Waals surface area contributed by atoms with Crippen molar-refractivity contribution in [3.8, 4) is 5.06 Å². The summed E-state index contributed by atoms with van der Waals surface area (Å²) >= 11 is 4.52. The molecule has 0 aromatic carbocycles. The number of thiophene rings is 1. The first-order chi connectivity index (χ1) is 4.68. The topological polar surface area (TPSA) is 52.3 Å². The molecule has 0 radical (unpaired) electrons. The highest BCUT2D eigenvalue weighted by Gasteiger charge is 2.00. The van der Waals surface area contributed by atoms with Crippen molar-refractivity contribution in [1.82, 2.24) is 0 Å². The number of carbonyl (C=O) groups is 1. The van der Waals surface area contributed by atoms with Gasteiger partial charge in [0.15, 0.2) is 5.06 Å². The molecule has 0 bridgehead atoms. The lowest BCUT2D eigenvalue weighted by Gasteiger charge is -1.91. The fourth-order valence-electron chi connectivity index (χ4n) is 0.452. The molecule has 0 aliphatic carbocycles. The largest absolute Gasteiger partial charge is 0.410 e. The number of hydrogen-bond acceptors (Lipinski definition) is 3. The molecule has 0 saturated carbocycles. The van der Waals surface area contributed by atoms with Crippen LogP contribution < -0.4 is 10.5 Å². The van der Waals surface area contributed by atoms with Gasteiger partial charge in [-0.25, -0.2) is 4.79 Å². The number of carbonyl (C=O) groups excluding carboxylic acids is 1. The number of halogens is 1. The van der Waals surface area contributed by atoms with E-state index in [1.165, 1.54) is 11.3 Å². The number of nitrogens with two attached hydrogens (primary N) is 1. The molecule has 0 aliphatic heterocycles. The van der Waals surface area contributed by atoms with Crippen LogP contribution in [0.4, 0.5) is 4.79 Å². The van der Waals surface area contributed by atoms with Gasteiger partial charge in [-0.1, -0.05) is 11.3 Å². The van der Waals surface area contributed by atoms with Crippen molar-refractivity contribution in [2.24, 2.45) is 5.73 Å². The molecule has 1 heterocycles. The molecule has 1 aromatic heterocycles. The highest BCUT2D eigenvalue weighted by atomic mass is 79.9. The Labute approximate surface area is 69.9 Å². The molecule has 0 atom stereocenters. The molecule has 0 saturated heterocycles. The fraction of sp³-hybridized carbons (Fsp3) is 0. The number of primary amides is 1. The summed E-state index contributed by atoms with van der Waals surface area (Å²) in [6, 6.07) is 3.45. The quantitative estimate of drug-likeness (QED) is 0.789. The van der Waals surface area contributed by atoms with Crippen molar-refractivity contribution in [2.45, 2.75) is 0 Å². The fourth-order valence-corrected chi connectivity index (χ4v) is 1.65. The third-order valence-electron chi connectivity index (χ3n) is 0.750. The minimum Gasteiger partial charge on any atom is -0.399 e. The first-order valence-corrected chi connectivity index (χ1v) is 4.02. The zero-order chi connectivity index (χ0) is 7.56. The van der Waals surface area contributed by atoms with E-state index in [9.17, 15) is 4.79 Å². The Bertz CT molecular complexity index is 248. The highest BCUT2D eigenvalue weighted by molar-refractivity contribution is 9.11. The second kappa shape index (κ2) is 3.03. The van der Waals surface area contributed by atoms with Gasteiger partial charge >= 0.3 is 6.09 Å². The van der Waals surface area contributed by atoms with Crippen LogP contribution in [0.2, 0.25) is 0 Å². The summed E-state index contributed by atoms with van der Waals surface area (Å²) in [7, 11) is 0. The predicted molar refractivity (Wildman–Crippen MR) is 42.2 cm³/mol. The molecule has 1 amide bonds. The van der Waals surface area contributed by atoms with Crippen LogP contribution in [-0.2, 0) is 0 Å². The van der Waals surface area contributed by atoms with Crippen LogP contribution in [0.3, 0.4) is 0 Å². The second-order valence-electron chi connectivity index (χ2n) is 1.48. The van der Waals surface area contributed by atoms with Crippen LogP contribution in [0.5, 0.6) is 5.06 Å². The summed E-state index contributed by atoms with van der Waals surface area (Å²) in [5.74, 6) is 0. The van der Waals surface area contributed by atoms with Gasteiger partial charge in [-0.15, -0.1) is 0 Å². The minimum atomic E-state index is -0.783. The number of ether oxygens (including phenoxy) is 1. The Morgan fingerprint density at radius 2 is 2.40 bits per heavy atom. The van der Waals surface area contributed by atoms with E-state index in [2.05, 4.69) is 20.7 Å². The smallest absolute Gasteiger partial charge is 0.399 e.